The Morgan fingerprint density at radius 1 is 1.36 bits per heavy atom. The Balaban J connectivity index is 2.29. The van der Waals surface area contributed by atoms with Crippen LogP contribution in [0.4, 0.5) is 8.78 Å². The Labute approximate surface area is 78.5 Å². The van der Waals surface area contributed by atoms with Crippen molar-refractivity contribution in [3.63, 3.8) is 0 Å². The van der Waals surface area contributed by atoms with E-state index in [0.29, 0.717) is 0 Å². The summed E-state index contributed by atoms with van der Waals surface area (Å²) in [4.78, 5) is 5.87. The number of hydrogen-bond donors (Lipinski definition) is 0. The Morgan fingerprint density at radius 2 is 2.21 bits per heavy atom. The molecular weight excluding hydrogens is 190 g/mol. The predicted molar refractivity (Wildman–Crippen MR) is 43.4 cm³/mol. The number of halogens is 2. The van der Waals surface area contributed by atoms with E-state index in [9.17, 15) is 8.78 Å². The maximum Gasteiger partial charge on any atom is 0.204 e. The van der Waals surface area contributed by atoms with Crippen LogP contribution in [0.5, 0.6) is 5.75 Å². The third-order valence-electron chi connectivity index (χ3n) is 1.54. The Bertz CT molecular complexity index is 428. The highest BCUT2D eigenvalue weighted by Gasteiger charge is 2.09. The van der Waals surface area contributed by atoms with Gasteiger partial charge in [0.15, 0.2) is 11.6 Å². The second-order valence-electron chi connectivity index (χ2n) is 2.49. The van der Waals surface area contributed by atoms with Crippen molar-refractivity contribution in [3.8, 4) is 5.75 Å². The van der Waals surface area contributed by atoms with Crippen molar-refractivity contribution in [1.82, 2.24) is 9.94 Å². The van der Waals surface area contributed by atoms with Gasteiger partial charge in [-0.3, -0.25) is 0 Å². The lowest BCUT2D eigenvalue weighted by molar-refractivity contribution is 0.168. The van der Waals surface area contributed by atoms with E-state index in [2.05, 4.69) is 11.2 Å². The van der Waals surface area contributed by atoms with Crippen molar-refractivity contribution in [2.75, 3.05) is 0 Å². The summed E-state index contributed by atoms with van der Waals surface area (Å²) >= 11 is 0. The van der Waals surface area contributed by atoms with Gasteiger partial charge in [-0.05, 0) is 12.1 Å². The van der Waals surface area contributed by atoms with E-state index in [0.717, 1.165) is 10.9 Å². The highest BCUT2D eigenvalue weighted by molar-refractivity contribution is 5.24. The fourth-order valence-electron chi connectivity index (χ4n) is 0.926. The predicted octanol–water partition coefficient (Wildman–Crippen LogP) is 1.80. The first-order valence-corrected chi connectivity index (χ1v) is 3.80. The minimum Gasteiger partial charge on any atom is -0.355 e. The van der Waals surface area contributed by atoms with Crippen LogP contribution in [0, 0.1) is 17.7 Å². The zero-order chi connectivity index (χ0) is 9.97. The molecule has 0 unspecified atom stereocenters. The zero-order valence-electron chi connectivity index (χ0n) is 6.95. The molecular formula is C9H5F2N2O. The minimum atomic E-state index is -1.04. The minimum absolute atomic E-state index is 0.220. The molecule has 0 fully saturated rings. The molecule has 0 atom stereocenters. The number of rotatable bonds is 2. The van der Waals surface area contributed by atoms with Crippen LogP contribution in [0.25, 0.3) is 0 Å². The molecule has 0 aliphatic carbocycles. The first-order valence-electron chi connectivity index (χ1n) is 3.80. The zero-order valence-corrected chi connectivity index (χ0v) is 6.95. The molecule has 14 heavy (non-hydrogen) atoms. The second kappa shape index (κ2) is 3.45. The Kier molecular flexibility index (Phi) is 2.14. The largest absolute Gasteiger partial charge is 0.355 e. The van der Waals surface area contributed by atoms with Gasteiger partial charge in [-0.25, -0.2) is 4.39 Å². The average Bonchev–Trinajstić information content (AvgIpc) is 2.66. The van der Waals surface area contributed by atoms with E-state index < -0.39 is 11.6 Å². The summed E-state index contributed by atoms with van der Waals surface area (Å²) in [6.45, 7) is 0. The maximum atomic E-state index is 13.0. The topological polar surface area (TPSA) is 27.1 Å². The molecule has 2 rings (SSSR count). The molecule has 71 valence electrons. The highest BCUT2D eigenvalue weighted by atomic mass is 19.2. The summed E-state index contributed by atoms with van der Waals surface area (Å²) in [6.07, 6.45) is 2.70. The standard InChI is InChI=1S/C9H5F2N2O/c10-7-3-1-4-8(9(7)11)14-13-6-2-5-12-13/h1,3-6H. The normalized spacial score (nSPS) is 10.1. The summed E-state index contributed by atoms with van der Waals surface area (Å²) < 4.78 is 25.8. The number of nitrogens with zero attached hydrogens (tertiary/aromatic N) is 2. The first kappa shape index (κ1) is 8.68. The quantitative estimate of drug-likeness (QED) is 0.730. The number of benzene rings is 1. The molecule has 0 saturated heterocycles. The molecule has 0 amide bonds. The number of hydrogen-bond acceptors (Lipinski definition) is 2. The van der Waals surface area contributed by atoms with Gasteiger partial charge in [0.1, 0.15) is 0 Å². The maximum absolute atomic E-state index is 13.0. The molecule has 1 aromatic carbocycles. The lowest BCUT2D eigenvalue weighted by Crippen LogP contribution is -2.07. The Hall–Kier alpha value is -1.91. The van der Waals surface area contributed by atoms with Gasteiger partial charge in [-0.2, -0.15) is 4.39 Å². The van der Waals surface area contributed by atoms with Crippen molar-refractivity contribution >= 4 is 0 Å². The third kappa shape index (κ3) is 1.56. The van der Waals surface area contributed by atoms with E-state index in [4.69, 9.17) is 4.84 Å². The van der Waals surface area contributed by atoms with Gasteiger partial charge in [0.2, 0.25) is 5.82 Å². The van der Waals surface area contributed by atoms with Gasteiger partial charge in [-0.15, -0.1) is 5.10 Å². The van der Waals surface area contributed by atoms with Crippen molar-refractivity contribution in [2.24, 2.45) is 0 Å². The van der Waals surface area contributed by atoms with Crippen LogP contribution >= 0.6 is 0 Å². The van der Waals surface area contributed by atoms with E-state index >= 15 is 0 Å². The lowest BCUT2D eigenvalue weighted by atomic mass is 10.3. The summed E-state index contributed by atoms with van der Waals surface area (Å²) in [6, 6.07) is 6.26. The van der Waals surface area contributed by atoms with E-state index in [-0.39, 0.29) is 5.75 Å². The average molecular weight is 195 g/mol. The molecule has 0 N–H and O–H groups in total. The van der Waals surface area contributed by atoms with Crippen LogP contribution < -0.4 is 4.84 Å². The monoisotopic (exact) mass is 195 g/mol. The summed E-state index contributed by atoms with van der Waals surface area (Å²) in [5.41, 5.74) is 0. The molecule has 0 aliphatic rings. The molecule has 0 bridgehead atoms. The van der Waals surface area contributed by atoms with Gasteiger partial charge in [0.25, 0.3) is 0 Å². The molecule has 3 nitrogen and oxygen atoms in total. The number of aromatic nitrogens is 2. The van der Waals surface area contributed by atoms with Crippen molar-refractivity contribution in [1.29, 1.82) is 0 Å². The van der Waals surface area contributed by atoms with Crippen LogP contribution in [0.15, 0.2) is 30.6 Å². The smallest absolute Gasteiger partial charge is 0.204 e. The first-order chi connectivity index (χ1) is 6.77. The van der Waals surface area contributed by atoms with E-state index in [1.54, 1.807) is 0 Å². The summed E-state index contributed by atoms with van der Waals surface area (Å²) in [7, 11) is 0. The van der Waals surface area contributed by atoms with Gasteiger partial charge in [0, 0.05) is 6.07 Å². The lowest BCUT2D eigenvalue weighted by Gasteiger charge is -2.04. The van der Waals surface area contributed by atoms with E-state index in [1.807, 2.05) is 0 Å². The SMILES string of the molecule is Fc1cccc(On2c[c]cn2)c1F. The van der Waals surface area contributed by atoms with Gasteiger partial charge in [-0.1, -0.05) is 10.9 Å². The van der Waals surface area contributed by atoms with Crippen molar-refractivity contribution < 1.29 is 13.6 Å². The van der Waals surface area contributed by atoms with Crippen LogP contribution in [-0.2, 0) is 0 Å². The second-order valence-corrected chi connectivity index (χ2v) is 2.49. The Morgan fingerprint density at radius 3 is 2.93 bits per heavy atom. The fraction of sp³-hybridized carbons (Fsp3) is 0. The van der Waals surface area contributed by atoms with Gasteiger partial charge >= 0.3 is 0 Å². The van der Waals surface area contributed by atoms with Crippen molar-refractivity contribution in [2.45, 2.75) is 0 Å². The van der Waals surface area contributed by atoms with Crippen LogP contribution in [-0.4, -0.2) is 9.94 Å². The van der Waals surface area contributed by atoms with Gasteiger partial charge in [0.05, 0.1) is 12.4 Å². The van der Waals surface area contributed by atoms with Gasteiger partial charge < -0.3 is 4.84 Å². The summed E-state index contributed by atoms with van der Waals surface area (Å²) in [5.74, 6) is -2.22. The fourth-order valence-corrected chi connectivity index (χ4v) is 0.926. The highest BCUT2D eigenvalue weighted by Crippen LogP contribution is 2.18. The molecule has 0 saturated carbocycles. The molecule has 0 spiro atoms. The molecule has 5 heteroatoms. The molecule has 1 radical (unpaired) electrons. The molecule has 2 aromatic rings. The molecule has 0 aliphatic heterocycles. The third-order valence-corrected chi connectivity index (χ3v) is 1.54. The van der Waals surface area contributed by atoms with Crippen LogP contribution in [0.2, 0.25) is 0 Å². The molecule has 1 aromatic heterocycles. The summed E-state index contributed by atoms with van der Waals surface area (Å²) in [5, 5.41) is 3.63. The molecule has 1 heterocycles. The van der Waals surface area contributed by atoms with E-state index in [1.165, 1.54) is 24.5 Å². The van der Waals surface area contributed by atoms with Crippen molar-refractivity contribution in [3.05, 3.63) is 48.3 Å². The van der Waals surface area contributed by atoms with Crippen LogP contribution in [0.1, 0.15) is 0 Å². The van der Waals surface area contributed by atoms with Crippen LogP contribution in [0.3, 0.4) is 0 Å².